The fourth-order valence-corrected chi connectivity index (χ4v) is 2.02. The average molecular weight is 291 g/mol. The minimum absolute atomic E-state index is 0.137. The van der Waals surface area contributed by atoms with Crippen LogP contribution in [0.3, 0.4) is 0 Å². The zero-order chi connectivity index (χ0) is 15.1. The molecule has 21 heavy (non-hydrogen) atoms. The van der Waals surface area contributed by atoms with Gasteiger partial charge in [-0.3, -0.25) is 4.79 Å². The van der Waals surface area contributed by atoms with Crippen LogP contribution in [0.4, 0.5) is 5.69 Å². The lowest BCUT2D eigenvalue weighted by molar-refractivity contribution is 0.0688. The fourth-order valence-electron chi connectivity index (χ4n) is 2.02. The van der Waals surface area contributed by atoms with Crippen LogP contribution in [0.2, 0.25) is 0 Å². The lowest BCUT2D eigenvalue weighted by Crippen LogP contribution is -2.25. The van der Waals surface area contributed by atoms with Gasteiger partial charge in [-0.1, -0.05) is 12.1 Å². The number of amides is 1. The molecule has 1 heterocycles. The van der Waals surface area contributed by atoms with Crippen molar-refractivity contribution >= 4 is 22.5 Å². The number of para-hydroxylation sites is 1. The minimum Gasteiger partial charge on any atom is -0.397 e. The predicted octanol–water partition coefficient (Wildman–Crippen LogP) is 1.53. The molecule has 4 N–H and O–H groups in total. The second-order valence-corrected chi connectivity index (χ2v) is 4.71. The van der Waals surface area contributed by atoms with Crippen LogP contribution in [0, 0.1) is 0 Å². The smallest absolute Gasteiger partial charge is 0.267 e. The highest BCUT2D eigenvalue weighted by molar-refractivity contribution is 6.00. The van der Waals surface area contributed by atoms with Crippen LogP contribution >= 0.6 is 0 Å². The van der Waals surface area contributed by atoms with Crippen LogP contribution in [0.15, 0.2) is 24.3 Å². The maximum atomic E-state index is 12.0. The van der Waals surface area contributed by atoms with E-state index in [0.29, 0.717) is 37.7 Å². The molecule has 0 aliphatic carbocycles. The number of methoxy groups -OCH3 is 1. The van der Waals surface area contributed by atoms with Crippen molar-refractivity contribution < 1.29 is 14.3 Å². The Morgan fingerprint density at radius 3 is 2.95 bits per heavy atom. The van der Waals surface area contributed by atoms with E-state index in [9.17, 15) is 4.79 Å². The summed E-state index contributed by atoms with van der Waals surface area (Å²) in [5.41, 5.74) is 7.81. The van der Waals surface area contributed by atoms with Gasteiger partial charge in [0, 0.05) is 25.6 Å². The van der Waals surface area contributed by atoms with Gasteiger partial charge >= 0.3 is 0 Å². The van der Waals surface area contributed by atoms with E-state index in [0.717, 1.165) is 17.3 Å². The molecule has 0 unspecified atom stereocenters. The Hall–Kier alpha value is -2.05. The Labute approximate surface area is 123 Å². The molecule has 6 nitrogen and oxygen atoms in total. The van der Waals surface area contributed by atoms with Crippen molar-refractivity contribution in [1.82, 2.24) is 10.3 Å². The number of hydrogen-bond acceptors (Lipinski definition) is 4. The fraction of sp³-hybridized carbons (Fsp3) is 0.400. The minimum atomic E-state index is -0.137. The molecule has 1 aromatic heterocycles. The molecule has 2 rings (SSSR count). The molecular weight excluding hydrogens is 270 g/mol. The molecule has 2 aromatic rings. The van der Waals surface area contributed by atoms with Crippen molar-refractivity contribution in [2.75, 3.05) is 39.2 Å². The predicted molar refractivity (Wildman–Crippen MR) is 82.4 cm³/mol. The van der Waals surface area contributed by atoms with Crippen molar-refractivity contribution in [2.24, 2.45) is 0 Å². The van der Waals surface area contributed by atoms with Gasteiger partial charge in [-0.2, -0.15) is 0 Å². The summed E-state index contributed by atoms with van der Waals surface area (Å²) < 4.78 is 10.2. The normalized spacial score (nSPS) is 10.9. The first-order chi connectivity index (χ1) is 10.2. The van der Waals surface area contributed by atoms with Gasteiger partial charge in [0.2, 0.25) is 0 Å². The Balaban J connectivity index is 1.78. The van der Waals surface area contributed by atoms with Gasteiger partial charge in [-0.15, -0.1) is 0 Å². The lowest BCUT2D eigenvalue weighted by Gasteiger charge is -2.05. The van der Waals surface area contributed by atoms with Gasteiger partial charge in [0.25, 0.3) is 5.91 Å². The summed E-state index contributed by atoms with van der Waals surface area (Å²) in [6.07, 6.45) is 0.762. The number of benzene rings is 1. The molecule has 6 heteroatoms. The highest BCUT2D eigenvalue weighted by Gasteiger charge is 2.09. The molecule has 0 radical (unpaired) electrons. The molecule has 0 aliphatic rings. The van der Waals surface area contributed by atoms with Gasteiger partial charge in [0.1, 0.15) is 5.69 Å². The van der Waals surface area contributed by atoms with Gasteiger partial charge in [-0.05, 0) is 18.6 Å². The number of nitrogen functional groups attached to an aromatic ring is 1. The van der Waals surface area contributed by atoms with Crippen LogP contribution in [0.1, 0.15) is 16.9 Å². The zero-order valence-corrected chi connectivity index (χ0v) is 12.1. The standard InChI is InChI=1S/C15H21N3O3/c1-20-8-9-21-7-3-6-17-15(19)13-10-11-4-2-5-12(16)14(11)18-13/h2,4-5,10,18H,3,6-9,16H2,1H3,(H,17,19). The number of nitrogens with one attached hydrogen (secondary N) is 2. The summed E-state index contributed by atoms with van der Waals surface area (Å²) >= 11 is 0. The molecule has 1 aromatic carbocycles. The highest BCUT2D eigenvalue weighted by Crippen LogP contribution is 2.20. The third kappa shape index (κ3) is 4.21. The van der Waals surface area contributed by atoms with E-state index >= 15 is 0 Å². The number of aromatic amines is 1. The molecular formula is C15H21N3O3. The van der Waals surface area contributed by atoms with Gasteiger partial charge in [-0.25, -0.2) is 0 Å². The molecule has 0 saturated heterocycles. The molecule has 0 saturated carbocycles. The number of rotatable bonds is 8. The van der Waals surface area contributed by atoms with Gasteiger partial charge < -0.3 is 25.5 Å². The largest absolute Gasteiger partial charge is 0.397 e. The topological polar surface area (TPSA) is 89.4 Å². The monoisotopic (exact) mass is 291 g/mol. The van der Waals surface area contributed by atoms with Crippen LogP contribution in [0.25, 0.3) is 10.9 Å². The quantitative estimate of drug-likeness (QED) is 0.508. The van der Waals surface area contributed by atoms with Crippen LogP contribution in [-0.4, -0.2) is 44.4 Å². The Kier molecular flexibility index (Phi) is 5.59. The van der Waals surface area contributed by atoms with Crippen LogP contribution < -0.4 is 11.1 Å². The summed E-state index contributed by atoms with van der Waals surface area (Å²) in [6, 6.07) is 7.39. The van der Waals surface area contributed by atoms with E-state index < -0.39 is 0 Å². The number of ether oxygens (including phenoxy) is 2. The molecule has 0 atom stereocenters. The summed E-state index contributed by atoms with van der Waals surface area (Å²) in [4.78, 5) is 15.1. The third-order valence-corrected chi connectivity index (χ3v) is 3.12. The zero-order valence-electron chi connectivity index (χ0n) is 12.1. The molecule has 114 valence electrons. The van der Waals surface area contributed by atoms with E-state index in [1.165, 1.54) is 0 Å². The maximum Gasteiger partial charge on any atom is 0.267 e. The van der Waals surface area contributed by atoms with E-state index in [1.54, 1.807) is 19.2 Å². The van der Waals surface area contributed by atoms with E-state index in [1.807, 2.05) is 12.1 Å². The summed E-state index contributed by atoms with van der Waals surface area (Å²) in [5, 5.41) is 3.78. The number of carbonyl (C=O) groups is 1. The summed E-state index contributed by atoms with van der Waals surface area (Å²) in [6.45, 7) is 2.33. The second-order valence-electron chi connectivity index (χ2n) is 4.71. The number of H-pyrrole nitrogens is 1. The Morgan fingerprint density at radius 2 is 2.19 bits per heavy atom. The SMILES string of the molecule is COCCOCCCNC(=O)c1cc2cccc(N)c2[nH]1. The average Bonchev–Trinajstić information content (AvgIpc) is 2.92. The number of fused-ring (bicyclic) bond motifs is 1. The van der Waals surface area contributed by atoms with Crippen molar-refractivity contribution in [3.63, 3.8) is 0 Å². The van der Waals surface area contributed by atoms with Gasteiger partial charge in [0.05, 0.1) is 24.4 Å². The molecule has 0 fully saturated rings. The second kappa shape index (κ2) is 7.66. The van der Waals surface area contributed by atoms with Crippen molar-refractivity contribution in [2.45, 2.75) is 6.42 Å². The Morgan fingerprint density at radius 1 is 1.33 bits per heavy atom. The first-order valence-corrected chi connectivity index (χ1v) is 6.94. The molecule has 1 amide bonds. The lowest BCUT2D eigenvalue weighted by atomic mass is 10.2. The van der Waals surface area contributed by atoms with Crippen LogP contribution in [0.5, 0.6) is 0 Å². The number of aromatic nitrogens is 1. The highest BCUT2D eigenvalue weighted by atomic mass is 16.5. The third-order valence-electron chi connectivity index (χ3n) is 3.12. The number of hydrogen-bond donors (Lipinski definition) is 3. The van der Waals surface area contributed by atoms with Crippen molar-refractivity contribution in [3.8, 4) is 0 Å². The summed E-state index contributed by atoms with van der Waals surface area (Å²) in [5.74, 6) is -0.137. The van der Waals surface area contributed by atoms with Crippen LogP contribution in [-0.2, 0) is 9.47 Å². The first-order valence-electron chi connectivity index (χ1n) is 6.94. The maximum absolute atomic E-state index is 12.0. The molecule has 0 bridgehead atoms. The van der Waals surface area contributed by atoms with E-state index in [2.05, 4.69) is 10.3 Å². The van der Waals surface area contributed by atoms with Crippen molar-refractivity contribution in [3.05, 3.63) is 30.0 Å². The number of carbonyl (C=O) groups excluding carboxylic acids is 1. The molecule has 0 aliphatic heterocycles. The van der Waals surface area contributed by atoms with Crippen molar-refractivity contribution in [1.29, 1.82) is 0 Å². The van der Waals surface area contributed by atoms with E-state index in [4.69, 9.17) is 15.2 Å². The number of anilines is 1. The summed E-state index contributed by atoms with van der Waals surface area (Å²) in [7, 11) is 1.64. The first kappa shape index (κ1) is 15.3. The molecule has 0 spiro atoms. The van der Waals surface area contributed by atoms with E-state index in [-0.39, 0.29) is 5.91 Å². The van der Waals surface area contributed by atoms with Gasteiger partial charge in [0.15, 0.2) is 0 Å². The number of nitrogens with two attached hydrogens (primary N) is 1. The Bertz CT molecular complexity index is 595.